The number of halogens is 1. The molecule has 2 aromatic rings. The highest BCUT2D eigenvalue weighted by molar-refractivity contribution is 6.29. The molecule has 1 fully saturated rings. The van der Waals surface area contributed by atoms with Crippen LogP contribution in [-0.4, -0.2) is 18.1 Å². The Morgan fingerprint density at radius 2 is 1.95 bits per heavy atom. The molecular formula is C15H16ClN3. The standard InChI is InChI=1S/C15H16ClN3/c16-14-7-6-13(17)15(18-14)19-9-8-12(10-19)11-4-2-1-3-5-11/h1-7,12H,8-10,17H2. The number of hydrogen-bond acceptors (Lipinski definition) is 3. The summed E-state index contributed by atoms with van der Waals surface area (Å²) in [4.78, 5) is 6.57. The Morgan fingerprint density at radius 3 is 2.74 bits per heavy atom. The van der Waals surface area contributed by atoms with E-state index < -0.39 is 0 Å². The van der Waals surface area contributed by atoms with Crippen LogP contribution in [0, 0.1) is 0 Å². The highest BCUT2D eigenvalue weighted by atomic mass is 35.5. The van der Waals surface area contributed by atoms with Gasteiger partial charge in [-0.15, -0.1) is 0 Å². The molecule has 1 saturated heterocycles. The summed E-state index contributed by atoms with van der Waals surface area (Å²) in [6.07, 6.45) is 1.12. The minimum Gasteiger partial charge on any atom is -0.396 e. The van der Waals surface area contributed by atoms with E-state index in [9.17, 15) is 0 Å². The molecule has 3 rings (SSSR count). The lowest BCUT2D eigenvalue weighted by Gasteiger charge is -2.19. The van der Waals surface area contributed by atoms with Gasteiger partial charge in [0.25, 0.3) is 0 Å². The fourth-order valence-electron chi connectivity index (χ4n) is 2.64. The SMILES string of the molecule is Nc1ccc(Cl)nc1N1CCC(c2ccccc2)C1. The highest BCUT2D eigenvalue weighted by Crippen LogP contribution is 2.32. The van der Waals surface area contributed by atoms with Gasteiger partial charge in [0.15, 0.2) is 5.82 Å². The van der Waals surface area contributed by atoms with Gasteiger partial charge in [-0.1, -0.05) is 41.9 Å². The van der Waals surface area contributed by atoms with E-state index in [0.717, 1.165) is 25.3 Å². The van der Waals surface area contributed by atoms with Gasteiger partial charge in [0.2, 0.25) is 0 Å². The lowest BCUT2D eigenvalue weighted by molar-refractivity contribution is 0.774. The van der Waals surface area contributed by atoms with Crippen LogP contribution in [-0.2, 0) is 0 Å². The second kappa shape index (κ2) is 5.10. The molecule has 0 spiro atoms. The molecule has 0 amide bonds. The zero-order chi connectivity index (χ0) is 13.2. The van der Waals surface area contributed by atoms with E-state index in [4.69, 9.17) is 17.3 Å². The second-order valence-corrected chi connectivity index (χ2v) is 5.28. The molecule has 2 heterocycles. The van der Waals surface area contributed by atoms with Crippen molar-refractivity contribution < 1.29 is 0 Å². The third-order valence-electron chi connectivity index (χ3n) is 3.63. The van der Waals surface area contributed by atoms with Crippen molar-refractivity contribution in [1.29, 1.82) is 0 Å². The largest absolute Gasteiger partial charge is 0.396 e. The number of nitrogen functional groups attached to an aromatic ring is 1. The number of anilines is 2. The monoisotopic (exact) mass is 273 g/mol. The smallest absolute Gasteiger partial charge is 0.153 e. The Balaban J connectivity index is 1.81. The van der Waals surface area contributed by atoms with Gasteiger partial charge in [-0.05, 0) is 24.1 Å². The third-order valence-corrected chi connectivity index (χ3v) is 3.84. The van der Waals surface area contributed by atoms with Gasteiger partial charge in [-0.25, -0.2) is 4.98 Å². The van der Waals surface area contributed by atoms with Crippen LogP contribution in [0.1, 0.15) is 17.9 Å². The molecule has 0 aliphatic carbocycles. The first-order valence-corrected chi connectivity index (χ1v) is 6.84. The van der Waals surface area contributed by atoms with E-state index in [0.29, 0.717) is 16.8 Å². The molecule has 19 heavy (non-hydrogen) atoms. The maximum Gasteiger partial charge on any atom is 0.153 e. The molecule has 1 atom stereocenters. The molecule has 1 aliphatic rings. The highest BCUT2D eigenvalue weighted by Gasteiger charge is 2.25. The number of rotatable bonds is 2. The summed E-state index contributed by atoms with van der Waals surface area (Å²) >= 11 is 5.96. The van der Waals surface area contributed by atoms with Crippen molar-refractivity contribution in [2.24, 2.45) is 0 Å². The van der Waals surface area contributed by atoms with E-state index >= 15 is 0 Å². The molecule has 2 N–H and O–H groups in total. The summed E-state index contributed by atoms with van der Waals surface area (Å²) in [5.74, 6) is 1.35. The summed E-state index contributed by atoms with van der Waals surface area (Å²) in [6, 6.07) is 14.1. The Hall–Kier alpha value is -1.74. The van der Waals surface area contributed by atoms with Crippen LogP contribution in [0.2, 0.25) is 5.15 Å². The van der Waals surface area contributed by atoms with Gasteiger partial charge in [0.05, 0.1) is 5.69 Å². The van der Waals surface area contributed by atoms with Gasteiger partial charge in [-0.2, -0.15) is 0 Å². The van der Waals surface area contributed by atoms with Crippen LogP contribution >= 0.6 is 11.6 Å². The number of benzene rings is 1. The maximum absolute atomic E-state index is 5.99. The van der Waals surface area contributed by atoms with Crippen LogP contribution in [0.15, 0.2) is 42.5 Å². The zero-order valence-corrected chi connectivity index (χ0v) is 11.3. The molecule has 0 radical (unpaired) electrons. The average Bonchev–Trinajstić information content (AvgIpc) is 2.92. The van der Waals surface area contributed by atoms with Gasteiger partial charge < -0.3 is 10.6 Å². The van der Waals surface area contributed by atoms with E-state index in [-0.39, 0.29) is 0 Å². The number of pyridine rings is 1. The van der Waals surface area contributed by atoms with Crippen molar-refractivity contribution in [2.75, 3.05) is 23.7 Å². The molecule has 0 bridgehead atoms. The van der Waals surface area contributed by atoms with Crippen molar-refractivity contribution in [1.82, 2.24) is 4.98 Å². The van der Waals surface area contributed by atoms with Gasteiger partial charge in [0.1, 0.15) is 5.15 Å². The zero-order valence-electron chi connectivity index (χ0n) is 10.6. The summed E-state index contributed by atoms with van der Waals surface area (Å²) in [5, 5.41) is 0.493. The lowest BCUT2D eigenvalue weighted by Crippen LogP contribution is -2.21. The molecular weight excluding hydrogens is 258 g/mol. The maximum atomic E-state index is 5.99. The fraction of sp³-hybridized carbons (Fsp3) is 0.267. The summed E-state index contributed by atoms with van der Waals surface area (Å²) in [5.41, 5.74) is 8.06. The first-order chi connectivity index (χ1) is 9.24. The fourth-order valence-corrected chi connectivity index (χ4v) is 2.78. The van der Waals surface area contributed by atoms with Crippen LogP contribution in [0.3, 0.4) is 0 Å². The van der Waals surface area contributed by atoms with E-state index in [1.54, 1.807) is 6.07 Å². The predicted octanol–water partition coefficient (Wildman–Crippen LogP) is 3.31. The van der Waals surface area contributed by atoms with Crippen LogP contribution in [0.4, 0.5) is 11.5 Å². The third kappa shape index (κ3) is 2.51. The van der Waals surface area contributed by atoms with Gasteiger partial charge >= 0.3 is 0 Å². The topological polar surface area (TPSA) is 42.1 Å². The molecule has 4 heteroatoms. The number of nitrogens with two attached hydrogens (primary N) is 1. The first kappa shape index (κ1) is 12.3. The summed E-state index contributed by atoms with van der Waals surface area (Å²) < 4.78 is 0. The second-order valence-electron chi connectivity index (χ2n) is 4.89. The van der Waals surface area contributed by atoms with E-state index in [1.807, 2.05) is 12.1 Å². The number of aromatic nitrogens is 1. The van der Waals surface area contributed by atoms with Crippen molar-refractivity contribution in [2.45, 2.75) is 12.3 Å². The van der Waals surface area contributed by atoms with Crippen molar-refractivity contribution >= 4 is 23.1 Å². The molecule has 1 aromatic carbocycles. The first-order valence-electron chi connectivity index (χ1n) is 6.46. The van der Waals surface area contributed by atoms with Gasteiger partial charge in [-0.3, -0.25) is 0 Å². The average molecular weight is 274 g/mol. The van der Waals surface area contributed by atoms with E-state index in [1.165, 1.54) is 5.56 Å². The molecule has 3 nitrogen and oxygen atoms in total. The number of nitrogens with zero attached hydrogens (tertiary/aromatic N) is 2. The molecule has 0 saturated carbocycles. The number of hydrogen-bond donors (Lipinski definition) is 1. The minimum absolute atomic E-state index is 0.493. The van der Waals surface area contributed by atoms with Crippen LogP contribution in [0.25, 0.3) is 0 Å². The predicted molar refractivity (Wildman–Crippen MR) is 79.7 cm³/mol. The lowest BCUT2D eigenvalue weighted by atomic mass is 9.99. The van der Waals surface area contributed by atoms with Crippen LogP contribution in [0.5, 0.6) is 0 Å². The van der Waals surface area contributed by atoms with Crippen LogP contribution < -0.4 is 10.6 Å². The summed E-state index contributed by atoms with van der Waals surface area (Å²) in [7, 11) is 0. The Bertz CT molecular complexity index is 571. The molecule has 1 unspecified atom stereocenters. The van der Waals surface area contributed by atoms with E-state index in [2.05, 4.69) is 34.1 Å². The molecule has 98 valence electrons. The minimum atomic E-state index is 0.493. The Labute approximate surface area is 118 Å². The molecule has 1 aromatic heterocycles. The molecule has 1 aliphatic heterocycles. The van der Waals surface area contributed by atoms with Crippen molar-refractivity contribution in [3.8, 4) is 0 Å². The Morgan fingerprint density at radius 1 is 1.16 bits per heavy atom. The van der Waals surface area contributed by atoms with Crippen molar-refractivity contribution in [3.05, 3.63) is 53.2 Å². The quantitative estimate of drug-likeness (QED) is 0.854. The van der Waals surface area contributed by atoms with Crippen molar-refractivity contribution in [3.63, 3.8) is 0 Å². The van der Waals surface area contributed by atoms with Gasteiger partial charge in [0, 0.05) is 19.0 Å². The summed E-state index contributed by atoms with van der Waals surface area (Å²) in [6.45, 7) is 1.92. The Kier molecular flexibility index (Phi) is 3.30. The normalized spacial score (nSPS) is 18.8.